The Morgan fingerprint density at radius 3 is 2.58 bits per heavy atom. The van der Waals surface area contributed by atoms with Gasteiger partial charge in [0.2, 0.25) is 0 Å². The summed E-state index contributed by atoms with van der Waals surface area (Å²) in [5.74, 6) is 0.493. The molecule has 36 heavy (non-hydrogen) atoms. The fraction of sp³-hybridized carbons (Fsp3) is 0.111. The molecular weight excluding hydrogens is 510 g/mol. The quantitative estimate of drug-likeness (QED) is 0.140. The maximum atomic E-state index is 12.5. The molecule has 3 aromatic carbocycles. The van der Waals surface area contributed by atoms with Gasteiger partial charge in [-0.1, -0.05) is 78.0 Å². The molecular formula is C27H22ClN5OS2. The van der Waals surface area contributed by atoms with Crippen LogP contribution in [0.15, 0.2) is 88.3 Å². The second-order valence-corrected chi connectivity index (χ2v) is 10.7. The van der Waals surface area contributed by atoms with Crippen LogP contribution < -0.4 is 5.43 Å². The summed E-state index contributed by atoms with van der Waals surface area (Å²) in [6.07, 6.45) is 1.53. The molecule has 180 valence electrons. The smallest absolute Gasteiger partial charge is 0.267 e. The fourth-order valence-electron chi connectivity index (χ4n) is 3.61. The Labute approximate surface area is 222 Å². The summed E-state index contributed by atoms with van der Waals surface area (Å²) >= 11 is 9.90. The third-order valence-electron chi connectivity index (χ3n) is 5.50. The molecule has 0 aliphatic rings. The van der Waals surface area contributed by atoms with E-state index in [9.17, 15) is 4.79 Å². The molecule has 2 aromatic heterocycles. The average molecular weight is 532 g/mol. The number of carbonyl (C=O) groups excluding carboxylic acids is 1. The van der Waals surface area contributed by atoms with E-state index >= 15 is 0 Å². The summed E-state index contributed by atoms with van der Waals surface area (Å²) in [6, 6.07) is 25.6. The molecule has 0 saturated carbocycles. The second kappa shape index (κ2) is 11.1. The van der Waals surface area contributed by atoms with Gasteiger partial charge in [-0.25, -0.2) is 15.1 Å². The van der Waals surface area contributed by atoms with Gasteiger partial charge in [-0.3, -0.25) is 4.79 Å². The van der Waals surface area contributed by atoms with Crippen molar-refractivity contribution in [2.45, 2.75) is 23.6 Å². The highest BCUT2D eigenvalue weighted by molar-refractivity contribution is 8.00. The van der Waals surface area contributed by atoms with E-state index in [2.05, 4.69) is 26.7 Å². The lowest BCUT2D eigenvalue weighted by atomic mass is 10.1. The minimum absolute atomic E-state index is 0.290. The molecule has 0 saturated heterocycles. The number of thioether (sulfide) groups is 1. The number of nitrogens with one attached hydrogen (secondary N) is 1. The van der Waals surface area contributed by atoms with Crippen LogP contribution >= 0.6 is 34.7 Å². The zero-order valence-electron chi connectivity index (χ0n) is 19.4. The van der Waals surface area contributed by atoms with Gasteiger partial charge in [0.1, 0.15) is 5.15 Å². The van der Waals surface area contributed by atoms with Crippen molar-refractivity contribution in [2.75, 3.05) is 0 Å². The van der Waals surface area contributed by atoms with E-state index in [-0.39, 0.29) is 5.91 Å². The van der Waals surface area contributed by atoms with E-state index in [1.807, 2.05) is 67.6 Å². The molecule has 0 unspecified atom stereocenters. The number of rotatable bonds is 8. The summed E-state index contributed by atoms with van der Waals surface area (Å²) in [6.45, 7) is 2.42. The van der Waals surface area contributed by atoms with Crippen molar-refractivity contribution in [3.8, 4) is 0 Å². The van der Waals surface area contributed by atoms with Gasteiger partial charge in [0, 0.05) is 11.3 Å². The highest BCUT2D eigenvalue weighted by Gasteiger charge is 2.12. The van der Waals surface area contributed by atoms with Gasteiger partial charge >= 0.3 is 0 Å². The first-order chi connectivity index (χ1) is 17.6. The Morgan fingerprint density at radius 2 is 1.81 bits per heavy atom. The maximum absolute atomic E-state index is 12.5. The molecule has 2 heterocycles. The number of para-hydroxylation sites is 1. The number of hydrogen-bond donors (Lipinski definition) is 1. The predicted molar refractivity (Wildman–Crippen MR) is 148 cm³/mol. The molecule has 5 rings (SSSR count). The zero-order valence-corrected chi connectivity index (χ0v) is 21.8. The summed E-state index contributed by atoms with van der Waals surface area (Å²) in [5, 5.41) is 9.08. The molecule has 6 nitrogen and oxygen atoms in total. The van der Waals surface area contributed by atoms with Gasteiger partial charge in [0.25, 0.3) is 5.91 Å². The Kier molecular flexibility index (Phi) is 7.46. The summed E-state index contributed by atoms with van der Waals surface area (Å²) in [5.41, 5.74) is 7.76. The topological polar surface area (TPSA) is 72.2 Å². The Balaban J connectivity index is 1.17. The largest absolute Gasteiger partial charge is 0.271 e. The third kappa shape index (κ3) is 5.67. The second-order valence-electron chi connectivity index (χ2n) is 8.07. The van der Waals surface area contributed by atoms with Crippen LogP contribution in [0.1, 0.15) is 32.7 Å². The van der Waals surface area contributed by atoms with Crippen LogP contribution in [0, 0.1) is 6.92 Å². The van der Waals surface area contributed by atoms with Gasteiger partial charge in [-0.05, 0) is 42.3 Å². The zero-order chi connectivity index (χ0) is 24.9. The summed E-state index contributed by atoms with van der Waals surface area (Å²) in [4.78, 5) is 17.2. The maximum Gasteiger partial charge on any atom is 0.271 e. The first-order valence-corrected chi connectivity index (χ1v) is 13.4. The van der Waals surface area contributed by atoms with Crippen LogP contribution in [0.2, 0.25) is 5.15 Å². The standard InChI is InChI=1S/C27H22ClN5OS2/c1-18-22(25(28)33(32-18)16-19-7-3-2-4-8-19)15-29-31-26(34)21-13-11-20(12-14-21)17-35-27-30-23-9-5-6-10-24(23)36-27/h2-15H,16-17H2,1H3,(H,31,34)/b29-15+. The van der Waals surface area contributed by atoms with E-state index in [1.54, 1.807) is 39.9 Å². The van der Waals surface area contributed by atoms with E-state index in [0.29, 0.717) is 22.8 Å². The number of carbonyl (C=O) groups is 1. The van der Waals surface area contributed by atoms with Crippen LogP contribution in [-0.2, 0) is 12.3 Å². The van der Waals surface area contributed by atoms with Crippen molar-refractivity contribution >= 4 is 57.0 Å². The minimum Gasteiger partial charge on any atom is -0.267 e. The molecule has 0 radical (unpaired) electrons. The Hall–Kier alpha value is -3.46. The van der Waals surface area contributed by atoms with Crippen LogP contribution in [0.25, 0.3) is 10.2 Å². The Morgan fingerprint density at radius 1 is 1.06 bits per heavy atom. The lowest BCUT2D eigenvalue weighted by Gasteiger charge is -2.03. The fourth-order valence-corrected chi connectivity index (χ4v) is 5.91. The molecule has 0 aliphatic heterocycles. The van der Waals surface area contributed by atoms with Gasteiger partial charge in [-0.2, -0.15) is 10.2 Å². The molecule has 0 fully saturated rings. The van der Waals surface area contributed by atoms with Gasteiger partial charge in [0.05, 0.1) is 34.2 Å². The van der Waals surface area contributed by atoms with Crippen molar-refractivity contribution in [3.05, 3.63) is 112 Å². The minimum atomic E-state index is -0.290. The molecule has 5 aromatic rings. The SMILES string of the molecule is Cc1nn(Cc2ccccc2)c(Cl)c1/C=N/NC(=O)c1ccc(CSc2nc3ccccc3s2)cc1. The average Bonchev–Trinajstić information content (AvgIpc) is 3.44. The van der Waals surface area contributed by atoms with Crippen LogP contribution in [-0.4, -0.2) is 26.9 Å². The van der Waals surface area contributed by atoms with Crippen LogP contribution in [0.5, 0.6) is 0 Å². The lowest BCUT2D eigenvalue weighted by Crippen LogP contribution is -2.17. The monoisotopic (exact) mass is 531 g/mol. The number of nitrogens with zero attached hydrogens (tertiary/aromatic N) is 4. The summed E-state index contributed by atoms with van der Waals surface area (Å²) < 4.78 is 3.95. The number of hydrogen-bond acceptors (Lipinski definition) is 6. The van der Waals surface area contributed by atoms with Gasteiger partial charge in [-0.15, -0.1) is 11.3 Å². The number of hydrazone groups is 1. The first kappa shape index (κ1) is 24.2. The normalized spacial score (nSPS) is 11.4. The third-order valence-corrected chi connectivity index (χ3v) is 8.15. The van der Waals surface area contributed by atoms with E-state index in [1.165, 1.54) is 10.9 Å². The van der Waals surface area contributed by atoms with Gasteiger partial charge < -0.3 is 0 Å². The number of aromatic nitrogens is 3. The van der Waals surface area contributed by atoms with Crippen molar-refractivity contribution in [2.24, 2.45) is 5.10 Å². The lowest BCUT2D eigenvalue weighted by molar-refractivity contribution is 0.0955. The first-order valence-electron chi connectivity index (χ1n) is 11.2. The molecule has 0 aliphatic carbocycles. The van der Waals surface area contributed by atoms with Crippen LogP contribution in [0.4, 0.5) is 0 Å². The predicted octanol–water partition coefficient (Wildman–Crippen LogP) is 6.56. The number of benzene rings is 3. The van der Waals surface area contributed by atoms with Crippen LogP contribution in [0.3, 0.4) is 0 Å². The van der Waals surface area contributed by atoms with E-state index in [0.717, 1.165) is 32.4 Å². The molecule has 1 N–H and O–H groups in total. The van der Waals surface area contributed by atoms with Crippen molar-refractivity contribution in [1.82, 2.24) is 20.2 Å². The highest BCUT2D eigenvalue weighted by Crippen LogP contribution is 2.31. The van der Waals surface area contributed by atoms with Crippen molar-refractivity contribution in [3.63, 3.8) is 0 Å². The number of fused-ring (bicyclic) bond motifs is 1. The molecule has 0 atom stereocenters. The summed E-state index contributed by atoms with van der Waals surface area (Å²) in [7, 11) is 0. The van der Waals surface area contributed by atoms with E-state index < -0.39 is 0 Å². The molecule has 0 spiro atoms. The number of amides is 1. The number of halogens is 1. The molecule has 0 bridgehead atoms. The van der Waals surface area contributed by atoms with Crippen molar-refractivity contribution in [1.29, 1.82) is 0 Å². The van der Waals surface area contributed by atoms with E-state index in [4.69, 9.17) is 11.6 Å². The number of aryl methyl sites for hydroxylation is 1. The Bertz CT molecular complexity index is 1490. The van der Waals surface area contributed by atoms with Gasteiger partial charge in [0.15, 0.2) is 4.34 Å². The number of thiazole rings is 1. The highest BCUT2D eigenvalue weighted by atomic mass is 35.5. The molecule has 9 heteroatoms. The molecule has 1 amide bonds. The van der Waals surface area contributed by atoms with Crippen molar-refractivity contribution < 1.29 is 4.79 Å².